The fourth-order valence-corrected chi connectivity index (χ4v) is 3.93. The summed E-state index contributed by atoms with van der Waals surface area (Å²) < 4.78 is 2.09. The lowest BCUT2D eigenvalue weighted by molar-refractivity contribution is -0.689. The van der Waals surface area contributed by atoms with E-state index >= 15 is 0 Å². The van der Waals surface area contributed by atoms with E-state index in [0.717, 1.165) is 12.2 Å². The molecule has 4 aromatic carbocycles. The molecule has 0 spiro atoms. The topological polar surface area (TPSA) is 36.5 Å². The molecular weight excluding hydrogens is 400 g/mol. The van der Waals surface area contributed by atoms with E-state index in [0.29, 0.717) is 0 Å². The van der Waals surface area contributed by atoms with Crippen molar-refractivity contribution in [3.05, 3.63) is 90.3 Å². The summed E-state index contributed by atoms with van der Waals surface area (Å²) in [6.45, 7) is 0.719. The van der Waals surface area contributed by atoms with E-state index in [1.807, 2.05) is 24.4 Å². The van der Waals surface area contributed by atoms with Gasteiger partial charge in [0.25, 0.3) is 0 Å². The Labute approximate surface area is 167 Å². The minimum atomic E-state index is 0. The van der Waals surface area contributed by atoms with E-state index in [2.05, 4.69) is 64.3 Å². The summed E-state index contributed by atoms with van der Waals surface area (Å²) in [4.78, 5) is 0. The molecule has 0 unspecified atom stereocenters. The number of nitrogens with zero attached hydrogens (tertiary/aromatic N) is 2. The molecule has 0 atom stereocenters. The lowest BCUT2D eigenvalue weighted by atomic mass is 9.92. The molecule has 0 amide bonds. The van der Waals surface area contributed by atoms with E-state index in [4.69, 9.17) is 5.21 Å². The van der Waals surface area contributed by atoms with Crippen LogP contribution in [-0.2, 0) is 6.54 Å². The molecule has 0 aliphatic rings. The lowest BCUT2D eigenvalue weighted by Gasteiger charge is -2.13. The van der Waals surface area contributed by atoms with Crippen molar-refractivity contribution in [3.8, 4) is 0 Å². The van der Waals surface area contributed by atoms with Crippen LogP contribution in [0.1, 0.15) is 11.3 Å². The SMILES string of the molecule is ON=Cc1cccc[n+]1Cc1ccc2ccc3cccc4ccc1c2c34.[Br-]. The first-order valence-corrected chi connectivity index (χ1v) is 8.66. The van der Waals surface area contributed by atoms with E-state index in [-0.39, 0.29) is 17.0 Å². The molecule has 0 saturated heterocycles. The fraction of sp³-hybridized carbons (Fsp3) is 0.0435. The highest BCUT2D eigenvalue weighted by atomic mass is 79.9. The zero-order valence-corrected chi connectivity index (χ0v) is 16.1. The Morgan fingerprint density at radius 2 is 1.48 bits per heavy atom. The molecule has 27 heavy (non-hydrogen) atoms. The molecule has 0 aliphatic heterocycles. The third-order valence-electron chi connectivity index (χ3n) is 5.13. The van der Waals surface area contributed by atoms with Crippen LogP contribution in [0, 0.1) is 0 Å². The summed E-state index contributed by atoms with van der Waals surface area (Å²) in [6.07, 6.45) is 3.48. The lowest BCUT2D eigenvalue weighted by Crippen LogP contribution is -3.00. The molecular formula is C23H17BrN2O. The summed E-state index contributed by atoms with van der Waals surface area (Å²) in [5.74, 6) is 0. The predicted octanol–water partition coefficient (Wildman–Crippen LogP) is 1.73. The van der Waals surface area contributed by atoms with Gasteiger partial charge in [0.15, 0.2) is 12.7 Å². The van der Waals surface area contributed by atoms with Crippen LogP contribution < -0.4 is 21.5 Å². The van der Waals surface area contributed by atoms with E-state index < -0.39 is 0 Å². The van der Waals surface area contributed by atoms with Crippen LogP contribution in [0.5, 0.6) is 0 Å². The molecule has 0 fully saturated rings. The van der Waals surface area contributed by atoms with Crippen molar-refractivity contribution in [2.75, 3.05) is 0 Å². The van der Waals surface area contributed by atoms with Crippen molar-refractivity contribution in [3.63, 3.8) is 0 Å². The molecule has 0 radical (unpaired) electrons. The van der Waals surface area contributed by atoms with Gasteiger partial charge in [0, 0.05) is 17.7 Å². The Hall–Kier alpha value is -2.98. The number of hydrogen-bond acceptors (Lipinski definition) is 2. The molecule has 0 bridgehead atoms. The van der Waals surface area contributed by atoms with E-state index in [9.17, 15) is 0 Å². The first kappa shape index (κ1) is 17.4. The highest BCUT2D eigenvalue weighted by Gasteiger charge is 2.14. The maximum absolute atomic E-state index is 8.92. The Balaban J connectivity index is 0.00000180. The first-order chi connectivity index (χ1) is 12.8. The van der Waals surface area contributed by atoms with Crippen molar-refractivity contribution in [1.82, 2.24) is 0 Å². The molecule has 5 aromatic rings. The van der Waals surface area contributed by atoms with Crippen LogP contribution in [0.2, 0.25) is 0 Å². The minimum Gasteiger partial charge on any atom is -1.00 e. The molecule has 1 N–H and O–H groups in total. The maximum atomic E-state index is 8.92. The Morgan fingerprint density at radius 1 is 0.778 bits per heavy atom. The van der Waals surface area contributed by atoms with Gasteiger partial charge in [-0.3, -0.25) is 0 Å². The average Bonchev–Trinajstić information content (AvgIpc) is 2.69. The molecule has 0 aliphatic carbocycles. The van der Waals surface area contributed by atoms with Crippen LogP contribution in [-0.4, -0.2) is 11.4 Å². The number of benzene rings is 4. The number of aromatic nitrogens is 1. The monoisotopic (exact) mass is 416 g/mol. The summed E-state index contributed by atoms with van der Waals surface area (Å²) in [5, 5.41) is 19.9. The number of oxime groups is 1. The van der Waals surface area contributed by atoms with Crippen LogP contribution in [0.3, 0.4) is 0 Å². The van der Waals surface area contributed by atoms with Crippen molar-refractivity contribution in [2.45, 2.75) is 6.54 Å². The quantitative estimate of drug-likeness (QED) is 0.157. The molecule has 4 heteroatoms. The van der Waals surface area contributed by atoms with Gasteiger partial charge in [-0.15, -0.1) is 0 Å². The van der Waals surface area contributed by atoms with Crippen LogP contribution in [0.25, 0.3) is 32.3 Å². The van der Waals surface area contributed by atoms with Gasteiger partial charge in [-0.1, -0.05) is 59.8 Å². The third-order valence-corrected chi connectivity index (χ3v) is 5.13. The summed E-state index contributed by atoms with van der Waals surface area (Å²) in [6, 6.07) is 25.6. The zero-order chi connectivity index (χ0) is 17.5. The molecule has 0 saturated carbocycles. The zero-order valence-electron chi connectivity index (χ0n) is 14.5. The van der Waals surface area contributed by atoms with Crippen molar-refractivity contribution in [1.29, 1.82) is 0 Å². The second-order valence-corrected chi connectivity index (χ2v) is 6.58. The Morgan fingerprint density at radius 3 is 2.26 bits per heavy atom. The second-order valence-electron chi connectivity index (χ2n) is 6.58. The molecule has 1 heterocycles. The average molecular weight is 417 g/mol. The molecule has 3 nitrogen and oxygen atoms in total. The van der Waals surface area contributed by atoms with Gasteiger partial charge in [-0.25, -0.2) is 0 Å². The van der Waals surface area contributed by atoms with Gasteiger partial charge >= 0.3 is 0 Å². The molecule has 132 valence electrons. The number of hydrogen-bond donors (Lipinski definition) is 1. The van der Waals surface area contributed by atoms with Gasteiger partial charge in [0.05, 0.1) is 0 Å². The highest BCUT2D eigenvalue weighted by molar-refractivity contribution is 6.23. The normalized spacial score (nSPS) is 11.6. The molecule has 5 rings (SSSR count). The largest absolute Gasteiger partial charge is 1.00 e. The number of pyridine rings is 1. The summed E-state index contributed by atoms with van der Waals surface area (Å²) >= 11 is 0. The fourth-order valence-electron chi connectivity index (χ4n) is 3.93. The minimum absolute atomic E-state index is 0. The van der Waals surface area contributed by atoms with Gasteiger partial charge in [0.1, 0.15) is 6.21 Å². The maximum Gasteiger partial charge on any atom is 0.227 e. The smallest absolute Gasteiger partial charge is 0.227 e. The van der Waals surface area contributed by atoms with E-state index in [1.54, 1.807) is 0 Å². The van der Waals surface area contributed by atoms with Gasteiger partial charge < -0.3 is 22.2 Å². The van der Waals surface area contributed by atoms with Gasteiger partial charge in [0.2, 0.25) is 5.69 Å². The number of rotatable bonds is 3. The third kappa shape index (κ3) is 2.82. The Bertz CT molecular complexity index is 1260. The van der Waals surface area contributed by atoms with Gasteiger partial charge in [-0.05, 0) is 38.4 Å². The summed E-state index contributed by atoms with van der Waals surface area (Å²) in [7, 11) is 0. The summed E-state index contributed by atoms with van der Waals surface area (Å²) in [5.41, 5.74) is 2.11. The van der Waals surface area contributed by atoms with E-state index in [1.165, 1.54) is 44.1 Å². The van der Waals surface area contributed by atoms with Crippen LogP contribution in [0.4, 0.5) is 0 Å². The van der Waals surface area contributed by atoms with Crippen LogP contribution >= 0.6 is 0 Å². The van der Waals surface area contributed by atoms with Crippen molar-refractivity contribution < 1.29 is 26.8 Å². The van der Waals surface area contributed by atoms with Crippen molar-refractivity contribution in [2.24, 2.45) is 5.16 Å². The standard InChI is InChI=1S/C23H16N2O.BrH/c26-24-14-20-6-1-2-13-25(20)15-19-10-9-18-8-7-16-4-3-5-17-11-12-21(19)23(18)22(16)17;/h1-14H,15H2;1H. The number of halogens is 1. The molecule has 1 aromatic heterocycles. The highest BCUT2D eigenvalue weighted by Crippen LogP contribution is 2.35. The second kappa shape index (κ2) is 6.97. The Kier molecular flexibility index (Phi) is 4.50. The first-order valence-electron chi connectivity index (χ1n) is 8.66. The predicted molar refractivity (Wildman–Crippen MR) is 105 cm³/mol. The van der Waals surface area contributed by atoms with Gasteiger partial charge in [-0.2, -0.15) is 4.57 Å². The van der Waals surface area contributed by atoms with Crippen molar-refractivity contribution >= 4 is 38.5 Å². The van der Waals surface area contributed by atoms with Crippen LogP contribution in [0.15, 0.2) is 84.1 Å².